The minimum Gasteiger partial charge on any atom is -0.269 e. The zero-order valence-electron chi connectivity index (χ0n) is 11.9. The van der Waals surface area contributed by atoms with Crippen molar-refractivity contribution in [2.75, 3.05) is 0 Å². The SMILES string of the molecule is O=C1c2ccccc2C(=O)N1C1(c2ncccn2)CC(F)(F)C1. The van der Waals surface area contributed by atoms with Gasteiger partial charge in [0.05, 0.1) is 11.1 Å². The van der Waals surface area contributed by atoms with Crippen LogP contribution in [0.5, 0.6) is 0 Å². The average molecular weight is 315 g/mol. The van der Waals surface area contributed by atoms with Crippen molar-refractivity contribution in [3.63, 3.8) is 0 Å². The number of halogens is 2. The van der Waals surface area contributed by atoms with Crippen LogP contribution in [0.25, 0.3) is 0 Å². The normalized spacial score (nSPS) is 21.0. The van der Waals surface area contributed by atoms with E-state index in [1.807, 2.05) is 0 Å². The number of rotatable bonds is 2. The number of alkyl halides is 2. The molecule has 2 aliphatic rings. The highest BCUT2D eigenvalue weighted by Crippen LogP contribution is 2.56. The van der Waals surface area contributed by atoms with Gasteiger partial charge in [0, 0.05) is 25.2 Å². The van der Waals surface area contributed by atoms with Gasteiger partial charge in [-0.2, -0.15) is 0 Å². The Hall–Kier alpha value is -2.70. The Kier molecular flexibility index (Phi) is 2.67. The molecule has 0 unspecified atom stereocenters. The van der Waals surface area contributed by atoms with Gasteiger partial charge in [0.2, 0.25) is 0 Å². The first kappa shape index (κ1) is 13.9. The van der Waals surface area contributed by atoms with E-state index in [1.165, 1.54) is 24.5 Å². The maximum absolute atomic E-state index is 13.7. The van der Waals surface area contributed by atoms with Crippen molar-refractivity contribution in [2.45, 2.75) is 24.3 Å². The van der Waals surface area contributed by atoms with Crippen molar-refractivity contribution in [3.8, 4) is 0 Å². The highest BCUT2D eigenvalue weighted by Gasteiger charge is 2.66. The second-order valence-corrected chi connectivity index (χ2v) is 5.80. The monoisotopic (exact) mass is 315 g/mol. The Morgan fingerprint density at radius 2 is 1.43 bits per heavy atom. The number of carbonyl (C=O) groups excluding carboxylic acids is 2. The lowest BCUT2D eigenvalue weighted by molar-refractivity contribution is -0.163. The summed E-state index contributed by atoms with van der Waals surface area (Å²) in [6.07, 6.45) is 1.52. The number of nitrogens with zero attached hydrogens (tertiary/aromatic N) is 3. The summed E-state index contributed by atoms with van der Waals surface area (Å²) >= 11 is 0. The van der Waals surface area contributed by atoms with E-state index in [0.717, 1.165) is 4.90 Å². The quantitative estimate of drug-likeness (QED) is 0.798. The number of aromatic nitrogens is 2. The predicted molar refractivity (Wildman–Crippen MR) is 74.8 cm³/mol. The molecule has 116 valence electrons. The van der Waals surface area contributed by atoms with Gasteiger partial charge in [-0.15, -0.1) is 0 Å². The van der Waals surface area contributed by atoms with E-state index in [4.69, 9.17) is 0 Å². The topological polar surface area (TPSA) is 63.2 Å². The number of imide groups is 1. The predicted octanol–water partition coefficient (Wildman–Crippen LogP) is 2.40. The molecule has 2 amide bonds. The number of hydrogen-bond donors (Lipinski definition) is 0. The van der Waals surface area contributed by atoms with E-state index in [0.29, 0.717) is 0 Å². The minimum atomic E-state index is -2.95. The summed E-state index contributed by atoms with van der Waals surface area (Å²) in [6.45, 7) is 0. The summed E-state index contributed by atoms with van der Waals surface area (Å²) in [5, 5.41) is 0. The van der Waals surface area contributed by atoms with Gasteiger partial charge in [-0.3, -0.25) is 14.5 Å². The Morgan fingerprint density at radius 3 is 1.91 bits per heavy atom. The smallest absolute Gasteiger partial charge is 0.262 e. The van der Waals surface area contributed by atoms with Gasteiger partial charge in [-0.25, -0.2) is 18.7 Å². The molecule has 1 aliphatic heterocycles. The first-order chi connectivity index (χ1) is 10.9. The molecule has 1 saturated carbocycles. The van der Waals surface area contributed by atoms with Crippen molar-refractivity contribution in [1.82, 2.24) is 14.9 Å². The van der Waals surface area contributed by atoms with Gasteiger partial charge in [-0.1, -0.05) is 12.1 Å². The molecule has 1 fully saturated rings. The molecule has 5 nitrogen and oxygen atoms in total. The van der Waals surface area contributed by atoms with E-state index in [-0.39, 0.29) is 17.0 Å². The van der Waals surface area contributed by atoms with Crippen LogP contribution < -0.4 is 0 Å². The van der Waals surface area contributed by atoms with Gasteiger partial charge in [0.25, 0.3) is 17.7 Å². The summed E-state index contributed by atoms with van der Waals surface area (Å²) in [6, 6.07) is 7.86. The summed E-state index contributed by atoms with van der Waals surface area (Å²) in [5.41, 5.74) is -1.04. The van der Waals surface area contributed by atoms with Crippen molar-refractivity contribution >= 4 is 11.8 Å². The third-order valence-corrected chi connectivity index (χ3v) is 4.31. The second kappa shape index (κ2) is 4.41. The third-order valence-electron chi connectivity index (χ3n) is 4.31. The fourth-order valence-electron chi connectivity index (χ4n) is 3.34. The fraction of sp³-hybridized carbons (Fsp3) is 0.250. The van der Waals surface area contributed by atoms with Crippen LogP contribution in [-0.4, -0.2) is 32.6 Å². The van der Waals surface area contributed by atoms with Gasteiger partial charge in [0.1, 0.15) is 5.54 Å². The number of carbonyl (C=O) groups is 2. The first-order valence-electron chi connectivity index (χ1n) is 7.08. The molecule has 1 aromatic carbocycles. The number of benzene rings is 1. The van der Waals surface area contributed by atoms with Gasteiger partial charge >= 0.3 is 0 Å². The van der Waals surface area contributed by atoms with E-state index in [1.54, 1.807) is 18.2 Å². The first-order valence-corrected chi connectivity index (χ1v) is 7.08. The molecule has 0 radical (unpaired) electrons. The van der Waals surface area contributed by atoms with Crippen molar-refractivity contribution < 1.29 is 18.4 Å². The van der Waals surface area contributed by atoms with Crippen molar-refractivity contribution in [1.29, 1.82) is 0 Å². The Bertz CT molecular complexity index is 780. The van der Waals surface area contributed by atoms with Gasteiger partial charge in [0.15, 0.2) is 5.82 Å². The van der Waals surface area contributed by atoms with Crippen LogP contribution in [0.1, 0.15) is 39.4 Å². The molecule has 1 aromatic heterocycles. The molecule has 0 N–H and O–H groups in total. The van der Waals surface area contributed by atoms with E-state index in [2.05, 4.69) is 9.97 Å². The molecule has 2 aromatic rings. The van der Waals surface area contributed by atoms with Crippen molar-refractivity contribution in [3.05, 3.63) is 59.7 Å². The third kappa shape index (κ3) is 1.82. The molecule has 1 aliphatic carbocycles. The van der Waals surface area contributed by atoms with Gasteiger partial charge < -0.3 is 0 Å². The summed E-state index contributed by atoms with van der Waals surface area (Å²) in [7, 11) is 0. The lowest BCUT2D eigenvalue weighted by Crippen LogP contribution is -2.62. The van der Waals surface area contributed by atoms with E-state index < -0.39 is 36.1 Å². The zero-order valence-corrected chi connectivity index (χ0v) is 11.9. The van der Waals surface area contributed by atoms with Crippen LogP contribution in [-0.2, 0) is 5.54 Å². The van der Waals surface area contributed by atoms with Crippen LogP contribution in [0.3, 0.4) is 0 Å². The number of fused-ring (bicyclic) bond motifs is 1. The molecular formula is C16H11F2N3O2. The van der Waals surface area contributed by atoms with E-state index >= 15 is 0 Å². The standard InChI is InChI=1S/C16H11F2N3O2/c17-16(18)8-15(9-16,14-19-6-3-7-20-14)21-12(22)10-4-1-2-5-11(10)13(21)23/h1-7H,8-9H2. The Labute approximate surface area is 130 Å². The molecule has 0 atom stereocenters. The lowest BCUT2D eigenvalue weighted by Gasteiger charge is -2.50. The van der Waals surface area contributed by atoms with Crippen LogP contribution in [0.2, 0.25) is 0 Å². The minimum absolute atomic E-state index is 0.0698. The molecular weight excluding hydrogens is 304 g/mol. The molecule has 4 rings (SSSR count). The average Bonchev–Trinajstić information content (AvgIpc) is 2.78. The fourth-order valence-corrected chi connectivity index (χ4v) is 3.34. The molecule has 23 heavy (non-hydrogen) atoms. The lowest BCUT2D eigenvalue weighted by atomic mass is 9.71. The molecule has 0 saturated heterocycles. The Morgan fingerprint density at radius 1 is 0.913 bits per heavy atom. The van der Waals surface area contributed by atoms with Crippen LogP contribution in [0, 0.1) is 0 Å². The highest BCUT2D eigenvalue weighted by atomic mass is 19.3. The molecule has 2 heterocycles. The molecule has 0 bridgehead atoms. The van der Waals surface area contributed by atoms with Crippen molar-refractivity contribution in [2.24, 2.45) is 0 Å². The van der Waals surface area contributed by atoms with E-state index in [9.17, 15) is 18.4 Å². The zero-order chi connectivity index (χ0) is 16.2. The van der Waals surface area contributed by atoms with Crippen LogP contribution >= 0.6 is 0 Å². The Balaban J connectivity index is 1.84. The number of hydrogen-bond acceptors (Lipinski definition) is 4. The van der Waals surface area contributed by atoms with Crippen LogP contribution in [0.4, 0.5) is 8.78 Å². The molecule has 0 spiro atoms. The summed E-state index contributed by atoms with van der Waals surface area (Å²) in [5.74, 6) is -4.03. The number of amides is 2. The largest absolute Gasteiger partial charge is 0.269 e. The molecule has 7 heteroatoms. The summed E-state index contributed by atoms with van der Waals surface area (Å²) < 4.78 is 27.3. The highest BCUT2D eigenvalue weighted by molar-refractivity contribution is 6.21. The maximum Gasteiger partial charge on any atom is 0.262 e. The van der Waals surface area contributed by atoms with Gasteiger partial charge in [-0.05, 0) is 18.2 Å². The maximum atomic E-state index is 13.7. The second-order valence-electron chi connectivity index (χ2n) is 5.80. The van der Waals surface area contributed by atoms with Crippen LogP contribution in [0.15, 0.2) is 42.7 Å². The summed E-state index contributed by atoms with van der Waals surface area (Å²) in [4.78, 5) is 34.2.